The molecule has 1 N–H and O–H groups in total. The van der Waals surface area contributed by atoms with Gasteiger partial charge in [0.25, 0.3) is 0 Å². The monoisotopic (exact) mass is 228 g/mol. The Kier molecular flexibility index (Phi) is 2.33. The number of fused-ring (bicyclic) bond motifs is 1. The second kappa shape index (κ2) is 3.43. The molecule has 0 fully saturated rings. The summed E-state index contributed by atoms with van der Waals surface area (Å²) in [6.45, 7) is 0. The molecule has 0 aliphatic carbocycles. The molecule has 0 saturated carbocycles. The second-order valence-electron chi connectivity index (χ2n) is 3.61. The number of anilines is 1. The molecular weight excluding hydrogens is 217 g/mol. The second-order valence-corrected chi connectivity index (χ2v) is 3.61. The average molecular weight is 228 g/mol. The van der Waals surface area contributed by atoms with E-state index in [2.05, 4.69) is 5.32 Å². The van der Waals surface area contributed by atoms with Crippen LogP contribution in [0.15, 0.2) is 24.3 Å². The zero-order chi connectivity index (χ0) is 11.9. The zero-order valence-corrected chi connectivity index (χ0v) is 8.89. The summed E-state index contributed by atoms with van der Waals surface area (Å²) < 4.78 is 39.1. The number of aryl methyl sites for hydroxylation is 1. The number of nitrogens with zero attached hydrogens (tertiary/aromatic N) is 1. The van der Waals surface area contributed by atoms with Gasteiger partial charge in [-0.15, -0.1) is 0 Å². The molecule has 0 saturated heterocycles. The van der Waals surface area contributed by atoms with Crippen molar-refractivity contribution < 1.29 is 13.2 Å². The molecule has 1 heterocycles. The maximum Gasteiger partial charge on any atom is 0.431 e. The number of alkyl halides is 3. The minimum atomic E-state index is -4.31. The lowest BCUT2D eigenvalue weighted by molar-refractivity contribution is -0.142. The predicted octanol–water partition coefficient (Wildman–Crippen LogP) is 3.24. The molecular formula is C11H11F3N2. The van der Waals surface area contributed by atoms with Crippen LogP contribution in [0.1, 0.15) is 5.69 Å². The van der Waals surface area contributed by atoms with Crippen LogP contribution in [0.3, 0.4) is 0 Å². The lowest BCUT2D eigenvalue weighted by atomic mass is 10.2. The van der Waals surface area contributed by atoms with Crippen LogP contribution in [0.4, 0.5) is 18.9 Å². The van der Waals surface area contributed by atoms with Crippen LogP contribution >= 0.6 is 0 Å². The molecule has 1 aromatic heterocycles. The fourth-order valence-electron chi connectivity index (χ4n) is 1.78. The molecule has 2 nitrogen and oxygen atoms in total. The van der Waals surface area contributed by atoms with E-state index in [0.29, 0.717) is 10.9 Å². The molecule has 5 heteroatoms. The van der Waals surface area contributed by atoms with Gasteiger partial charge in [-0.05, 0) is 24.3 Å². The lowest BCUT2D eigenvalue weighted by Gasteiger charge is -2.07. The van der Waals surface area contributed by atoms with Crippen LogP contribution in [-0.2, 0) is 13.2 Å². The number of hydrogen-bond acceptors (Lipinski definition) is 1. The van der Waals surface area contributed by atoms with E-state index < -0.39 is 11.9 Å². The van der Waals surface area contributed by atoms with Gasteiger partial charge in [0.1, 0.15) is 5.69 Å². The zero-order valence-electron chi connectivity index (χ0n) is 8.89. The molecule has 0 spiro atoms. The summed E-state index contributed by atoms with van der Waals surface area (Å²) >= 11 is 0. The van der Waals surface area contributed by atoms with Crippen molar-refractivity contribution in [2.45, 2.75) is 6.18 Å². The normalized spacial score (nSPS) is 12.1. The van der Waals surface area contributed by atoms with Gasteiger partial charge in [-0.2, -0.15) is 13.2 Å². The van der Waals surface area contributed by atoms with Gasteiger partial charge in [0.2, 0.25) is 0 Å². The number of halogens is 3. The summed E-state index contributed by atoms with van der Waals surface area (Å²) in [7, 11) is 3.15. The van der Waals surface area contributed by atoms with E-state index in [1.165, 1.54) is 7.05 Å². The van der Waals surface area contributed by atoms with Crippen molar-refractivity contribution in [1.82, 2.24) is 4.57 Å². The standard InChI is InChI=1S/C11H11F3N2/c1-15-8-3-4-9-7(5-8)6-10(16(9)2)11(12,13)14/h3-6,15H,1-2H3. The van der Waals surface area contributed by atoms with Gasteiger partial charge in [0.15, 0.2) is 0 Å². The molecule has 16 heavy (non-hydrogen) atoms. The summed E-state index contributed by atoms with van der Waals surface area (Å²) in [4.78, 5) is 0. The Balaban J connectivity index is 2.68. The lowest BCUT2D eigenvalue weighted by Crippen LogP contribution is -2.10. The Bertz CT molecular complexity index is 526. The molecule has 0 aliphatic heterocycles. The Morgan fingerprint density at radius 3 is 2.44 bits per heavy atom. The Hall–Kier alpha value is -1.65. The Morgan fingerprint density at radius 2 is 1.88 bits per heavy atom. The van der Waals surface area contributed by atoms with E-state index >= 15 is 0 Å². The maximum absolute atomic E-state index is 12.6. The van der Waals surface area contributed by atoms with Gasteiger partial charge < -0.3 is 9.88 Å². The SMILES string of the molecule is CNc1ccc2c(c1)cc(C(F)(F)F)n2C. The highest BCUT2D eigenvalue weighted by Crippen LogP contribution is 2.33. The summed E-state index contributed by atoms with van der Waals surface area (Å²) in [5.74, 6) is 0. The molecule has 0 unspecified atom stereocenters. The van der Waals surface area contributed by atoms with Gasteiger partial charge >= 0.3 is 6.18 Å². The number of benzene rings is 1. The molecule has 2 aromatic rings. The predicted molar refractivity (Wildman–Crippen MR) is 57.5 cm³/mol. The quantitative estimate of drug-likeness (QED) is 0.792. The van der Waals surface area contributed by atoms with Crippen molar-refractivity contribution in [2.24, 2.45) is 7.05 Å². The highest BCUT2D eigenvalue weighted by atomic mass is 19.4. The third-order valence-electron chi connectivity index (χ3n) is 2.62. The summed E-state index contributed by atoms with van der Waals surface area (Å²) in [6, 6.07) is 6.29. The van der Waals surface area contributed by atoms with Crippen molar-refractivity contribution >= 4 is 16.6 Å². The van der Waals surface area contributed by atoms with Crippen molar-refractivity contribution in [2.75, 3.05) is 12.4 Å². The molecule has 0 atom stereocenters. The van der Waals surface area contributed by atoms with Crippen LogP contribution in [0.25, 0.3) is 10.9 Å². The molecule has 0 radical (unpaired) electrons. The fourth-order valence-corrected chi connectivity index (χ4v) is 1.78. The summed E-state index contributed by atoms with van der Waals surface area (Å²) in [6.07, 6.45) is -4.31. The van der Waals surface area contributed by atoms with E-state index in [-0.39, 0.29) is 0 Å². The molecule has 0 amide bonds. The van der Waals surface area contributed by atoms with E-state index in [9.17, 15) is 13.2 Å². The van der Waals surface area contributed by atoms with Crippen LogP contribution in [0.5, 0.6) is 0 Å². The van der Waals surface area contributed by atoms with Gasteiger partial charge in [-0.25, -0.2) is 0 Å². The van der Waals surface area contributed by atoms with Crippen LogP contribution in [0, 0.1) is 0 Å². The smallest absolute Gasteiger partial charge is 0.388 e. The molecule has 86 valence electrons. The molecule has 2 rings (SSSR count). The molecule has 1 aromatic carbocycles. The van der Waals surface area contributed by atoms with Gasteiger partial charge in [-0.1, -0.05) is 0 Å². The van der Waals surface area contributed by atoms with E-state index in [1.807, 2.05) is 0 Å². The first-order valence-corrected chi connectivity index (χ1v) is 4.78. The third-order valence-corrected chi connectivity index (χ3v) is 2.62. The third kappa shape index (κ3) is 1.62. The maximum atomic E-state index is 12.6. The van der Waals surface area contributed by atoms with E-state index in [1.54, 1.807) is 25.2 Å². The van der Waals surface area contributed by atoms with Crippen molar-refractivity contribution in [3.63, 3.8) is 0 Å². The average Bonchev–Trinajstić information content (AvgIpc) is 2.55. The van der Waals surface area contributed by atoms with E-state index in [4.69, 9.17) is 0 Å². The van der Waals surface area contributed by atoms with Crippen LogP contribution in [0.2, 0.25) is 0 Å². The number of hydrogen-bond donors (Lipinski definition) is 1. The fraction of sp³-hybridized carbons (Fsp3) is 0.273. The number of rotatable bonds is 1. The van der Waals surface area contributed by atoms with Crippen molar-refractivity contribution in [3.8, 4) is 0 Å². The first-order chi connectivity index (χ1) is 7.43. The number of nitrogens with one attached hydrogen (secondary N) is 1. The van der Waals surface area contributed by atoms with Gasteiger partial charge in [-0.3, -0.25) is 0 Å². The van der Waals surface area contributed by atoms with Crippen molar-refractivity contribution in [1.29, 1.82) is 0 Å². The van der Waals surface area contributed by atoms with E-state index in [0.717, 1.165) is 16.3 Å². The Morgan fingerprint density at radius 1 is 1.19 bits per heavy atom. The minimum Gasteiger partial charge on any atom is -0.388 e. The minimum absolute atomic E-state index is 0.575. The topological polar surface area (TPSA) is 17.0 Å². The van der Waals surface area contributed by atoms with Gasteiger partial charge in [0, 0.05) is 30.7 Å². The highest BCUT2D eigenvalue weighted by molar-refractivity contribution is 5.84. The molecule has 0 aliphatic rings. The van der Waals surface area contributed by atoms with Gasteiger partial charge in [0.05, 0.1) is 0 Å². The first-order valence-electron chi connectivity index (χ1n) is 4.78. The highest BCUT2D eigenvalue weighted by Gasteiger charge is 2.34. The van der Waals surface area contributed by atoms with Crippen LogP contribution < -0.4 is 5.32 Å². The van der Waals surface area contributed by atoms with Crippen LogP contribution in [-0.4, -0.2) is 11.6 Å². The first kappa shape index (κ1) is 10.9. The molecule has 0 bridgehead atoms. The number of aromatic nitrogens is 1. The largest absolute Gasteiger partial charge is 0.431 e. The summed E-state index contributed by atoms with van der Waals surface area (Å²) in [5, 5.41) is 3.48. The summed E-state index contributed by atoms with van der Waals surface area (Å²) in [5.41, 5.74) is 0.744. The van der Waals surface area contributed by atoms with Crippen molar-refractivity contribution in [3.05, 3.63) is 30.0 Å². The Labute approximate surface area is 90.7 Å².